The van der Waals surface area contributed by atoms with Crippen molar-refractivity contribution in [2.24, 2.45) is 0 Å². The highest BCUT2D eigenvalue weighted by molar-refractivity contribution is 7.12. The second kappa shape index (κ2) is 6.72. The van der Waals surface area contributed by atoms with Crippen molar-refractivity contribution in [1.29, 1.82) is 0 Å². The first-order valence-corrected chi connectivity index (χ1v) is 9.54. The highest BCUT2D eigenvalue weighted by Crippen LogP contribution is 2.37. The molecule has 4 heterocycles. The molecule has 1 atom stereocenters. The first-order valence-electron chi connectivity index (χ1n) is 8.66. The molecule has 0 unspecified atom stereocenters. The van der Waals surface area contributed by atoms with Crippen molar-refractivity contribution in [3.05, 3.63) is 40.3 Å². The first-order chi connectivity index (χ1) is 12.2. The number of thiophene rings is 1. The van der Waals surface area contributed by atoms with Crippen LogP contribution in [0.15, 0.2) is 29.9 Å². The van der Waals surface area contributed by atoms with Gasteiger partial charge in [-0.15, -0.1) is 11.3 Å². The van der Waals surface area contributed by atoms with Gasteiger partial charge in [0.2, 0.25) is 5.95 Å². The summed E-state index contributed by atoms with van der Waals surface area (Å²) in [4.78, 5) is 23.9. The third-order valence-electron chi connectivity index (χ3n) is 5.13. The van der Waals surface area contributed by atoms with E-state index in [-0.39, 0.29) is 17.6 Å². The Morgan fingerprint density at radius 3 is 2.80 bits per heavy atom. The van der Waals surface area contributed by atoms with Crippen LogP contribution in [-0.2, 0) is 4.74 Å². The second-order valence-electron chi connectivity index (χ2n) is 6.84. The number of aromatic nitrogens is 2. The van der Waals surface area contributed by atoms with Gasteiger partial charge in [0.15, 0.2) is 0 Å². The Kier molecular flexibility index (Phi) is 4.43. The lowest BCUT2D eigenvalue weighted by molar-refractivity contribution is -0.0387. The van der Waals surface area contributed by atoms with E-state index in [0.717, 1.165) is 42.8 Å². The molecule has 2 aliphatic rings. The molecule has 1 spiro atoms. The van der Waals surface area contributed by atoms with Crippen LogP contribution in [0.4, 0.5) is 5.95 Å². The molecule has 6 nitrogen and oxygen atoms in total. The molecule has 4 rings (SSSR count). The molecular formula is C18H22N4O2S. The van der Waals surface area contributed by atoms with Gasteiger partial charge in [-0.3, -0.25) is 4.79 Å². The number of nitrogens with one attached hydrogen (secondary N) is 1. The minimum atomic E-state index is -0.117. The molecule has 7 heteroatoms. The molecule has 132 valence electrons. The molecule has 1 amide bonds. The fraction of sp³-hybridized carbons (Fsp3) is 0.500. The van der Waals surface area contributed by atoms with Gasteiger partial charge < -0.3 is 15.0 Å². The molecule has 2 saturated heterocycles. The number of hydrogen-bond acceptors (Lipinski definition) is 6. The number of carbonyl (C=O) groups is 1. The SMILES string of the molecule is Cc1ccsc1C(=O)N1CCC2(CC1)C[C@@H](Nc1ncccn1)CO2. The van der Waals surface area contributed by atoms with Crippen LogP contribution in [0.3, 0.4) is 0 Å². The zero-order valence-corrected chi connectivity index (χ0v) is 15.1. The lowest BCUT2D eigenvalue weighted by atomic mass is 9.87. The summed E-state index contributed by atoms with van der Waals surface area (Å²) in [6, 6.07) is 4.04. The zero-order chi connectivity index (χ0) is 17.3. The van der Waals surface area contributed by atoms with E-state index < -0.39 is 0 Å². The summed E-state index contributed by atoms with van der Waals surface area (Å²) in [6.45, 7) is 4.17. The van der Waals surface area contributed by atoms with Crippen molar-refractivity contribution in [3.8, 4) is 0 Å². The molecule has 1 N–H and O–H groups in total. The molecule has 0 radical (unpaired) electrons. The minimum Gasteiger partial charge on any atom is -0.373 e. The van der Waals surface area contributed by atoms with Crippen molar-refractivity contribution >= 4 is 23.2 Å². The maximum atomic E-state index is 12.7. The number of hydrogen-bond donors (Lipinski definition) is 1. The average Bonchev–Trinajstić information content (AvgIpc) is 3.23. The summed E-state index contributed by atoms with van der Waals surface area (Å²) in [7, 11) is 0. The lowest BCUT2D eigenvalue weighted by Gasteiger charge is -2.38. The Morgan fingerprint density at radius 1 is 1.36 bits per heavy atom. The molecule has 2 fully saturated rings. The Morgan fingerprint density at radius 2 is 2.12 bits per heavy atom. The van der Waals surface area contributed by atoms with Crippen molar-refractivity contribution in [3.63, 3.8) is 0 Å². The van der Waals surface area contributed by atoms with E-state index in [9.17, 15) is 4.79 Å². The van der Waals surface area contributed by atoms with Crippen LogP contribution >= 0.6 is 11.3 Å². The van der Waals surface area contributed by atoms with E-state index in [1.54, 1.807) is 18.5 Å². The van der Waals surface area contributed by atoms with Crippen LogP contribution in [0.25, 0.3) is 0 Å². The molecular weight excluding hydrogens is 336 g/mol. The van der Waals surface area contributed by atoms with Gasteiger partial charge in [-0.2, -0.15) is 0 Å². The van der Waals surface area contributed by atoms with Gasteiger partial charge in [0.1, 0.15) is 0 Å². The third kappa shape index (κ3) is 3.39. The number of aryl methyl sites for hydroxylation is 1. The zero-order valence-electron chi connectivity index (χ0n) is 14.3. The first kappa shape index (κ1) is 16.5. The van der Waals surface area contributed by atoms with Crippen LogP contribution in [0.1, 0.15) is 34.5 Å². The van der Waals surface area contributed by atoms with Crippen molar-refractivity contribution < 1.29 is 9.53 Å². The van der Waals surface area contributed by atoms with Gasteiger partial charge in [0, 0.05) is 25.5 Å². The van der Waals surface area contributed by atoms with Gasteiger partial charge in [0.25, 0.3) is 5.91 Å². The summed E-state index contributed by atoms with van der Waals surface area (Å²) in [5.41, 5.74) is 0.952. The van der Waals surface area contributed by atoms with Gasteiger partial charge in [0.05, 0.1) is 23.1 Å². The van der Waals surface area contributed by atoms with E-state index in [4.69, 9.17) is 4.74 Å². The normalized spacial score (nSPS) is 22.3. The highest BCUT2D eigenvalue weighted by Gasteiger charge is 2.43. The molecule has 25 heavy (non-hydrogen) atoms. The number of amides is 1. The van der Waals surface area contributed by atoms with Crippen LogP contribution in [0, 0.1) is 6.92 Å². The van der Waals surface area contributed by atoms with E-state index in [1.165, 1.54) is 11.3 Å². The molecule has 2 aromatic heterocycles. The van der Waals surface area contributed by atoms with Gasteiger partial charge in [-0.1, -0.05) is 0 Å². The molecule has 0 aliphatic carbocycles. The number of carbonyl (C=O) groups excluding carboxylic acids is 1. The topological polar surface area (TPSA) is 67.4 Å². The molecule has 0 aromatic carbocycles. The number of anilines is 1. The maximum absolute atomic E-state index is 12.7. The van der Waals surface area contributed by atoms with Crippen molar-refractivity contribution in [2.45, 2.75) is 37.8 Å². The lowest BCUT2D eigenvalue weighted by Crippen LogP contribution is -2.46. The fourth-order valence-corrected chi connectivity index (χ4v) is 4.59. The standard InChI is InChI=1S/C18H22N4O2S/c1-13-3-10-25-15(13)16(23)22-8-4-18(5-9-22)11-14(12-24-18)21-17-19-6-2-7-20-17/h2-3,6-7,10,14H,4-5,8-9,11-12H2,1H3,(H,19,20,21)/t14-/m1/s1. The van der Waals surface area contributed by atoms with Crippen LogP contribution < -0.4 is 5.32 Å². The number of piperidine rings is 1. The van der Waals surface area contributed by atoms with Gasteiger partial charge in [-0.25, -0.2) is 9.97 Å². The molecule has 2 aromatic rings. The molecule has 0 bridgehead atoms. The second-order valence-corrected chi connectivity index (χ2v) is 7.75. The Balaban J connectivity index is 1.34. The van der Waals surface area contributed by atoms with Gasteiger partial charge in [-0.05, 0) is 49.3 Å². The van der Waals surface area contributed by atoms with Crippen molar-refractivity contribution in [1.82, 2.24) is 14.9 Å². The van der Waals surface area contributed by atoms with Crippen LogP contribution in [0.2, 0.25) is 0 Å². The average molecular weight is 358 g/mol. The quantitative estimate of drug-likeness (QED) is 0.914. The third-order valence-corrected chi connectivity index (χ3v) is 6.13. The van der Waals surface area contributed by atoms with Crippen LogP contribution in [-0.4, -0.2) is 52.1 Å². The monoisotopic (exact) mass is 358 g/mol. The molecule has 0 saturated carbocycles. The predicted molar refractivity (Wildman–Crippen MR) is 96.9 cm³/mol. The highest BCUT2D eigenvalue weighted by atomic mass is 32.1. The predicted octanol–water partition coefficient (Wildman–Crippen LogP) is 2.72. The summed E-state index contributed by atoms with van der Waals surface area (Å²) >= 11 is 1.53. The minimum absolute atomic E-state index is 0.117. The smallest absolute Gasteiger partial charge is 0.264 e. The maximum Gasteiger partial charge on any atom is 0.264 e. The van der Waals surface area contributed by atoms with Crippen molar-refractivity contribution in [2.75, 3.05) is 25.0 Å². The Labute approximate surface area is 151 Å². The Hall–Kier alpha value is -1.99. The fourth-order valence-electron chi connectivity index (χ4n) is 3.69. The molecule has 2 aliphatic heterocycles. The van der Waals surface area contributed by atoms with E-state index in [0.29, 0.717) is 12.6 Å². The summed E-state index contributed by atoms with van der Waals surface area (Å²) in [6.07, 6.45) is 6.18. The summed E-state index contributed by atoms with van der Waals surface area (Å²) in [5, 5.41) is 5.33. The van der Waals surface area contributed by atoms with E-state index >= 15 is 0 Å². The summed E-state index contributed by atoms with van der Waals surface area (Å²) < 4.78 is 6.16. The Bertz CT molecular complexity index is 741. The van der Waals surface area contributed by atoms with Crippen LogP contribution in [0.5, 0.6) is 0 Å². The van der Waals surface area contributed by atoms with E-state index in [2.05, 4.69) is 15.3 Å². The van der Waals surface area contributed by atoms with E-state index in [1.807, 2.05) is 23.3 Å². The number of nitrogens with zero attached hydrogens (tertiary/aromatic N) is 3. The van der Waals surface area contributed by atoms with Gasteiger partial charge >= 0.3 is 0 Å². The number of likely N-dealkylation sites (tertiary alicyclic amines) is 1. The number of rotatable bonds is 3. The summed E-state index contributed by atoms with van der Waals surface area (Å²) in [5.74, 6) is 0.807. The largest absolute Gasteiger partial charge is 0.373 e. The number of ether oxygens (including phenoxy) is 1.